The molecule has 0 spiro atoms. The third-order valence-electron chi connectivity index (χ3n) is 2.20. The Labute approximate surface area is 112 Å². The van der Waals surface area contributed by atoms with Gasteiger partial charge in [0.2, 0.25) is 0 Å². The first-order valence-corrected chi connectivity index (χ1v) is 5.84. The largest absolute Gasteiger partial charge is 0.444 e. The van der Waals surface area contributed by atoms with Gasteiger partial charge in [-0.1, -0.05) is 0 Å². The quantitative estimate of drug-likeness (QED) is 0.780. The van der Waals surface area contributed by atoms with Crippen molar-refractivity contribution in [2.24, 2.45) is 5.73 Å². The number of benzene rings is 1. The van der Waals surface area contributed by atoms with Crippen LogP contribution in [0.1, 0.15) is 31.1 Å². The van der Waals surface area contributed by atoms with Gasteiger partial charge in [-0.05, 0) is 39.0 Å². The van der Waals surface area contributed by atoms with E-state index in [0.29, 0.717) is 16.9 Å². The van der Waals surface area contributed by atoms with Crippen molar-refractivity contribution >= 4 is 23.4 Å². The highest BCUT2D eigenvalue weighted by Gasteiger charge is 2.17. The average molecular weight is 265 g/mol. The lowest BCUT2D eigenvalue weighted by molar-refractivity contribution is 0.0635. The van der Waals surface area contributed by atoms with Gasteiger partial charge in [-0.2, -0.15) is 0 Å². The summed E-state index contributed by atoms with van der Waals surface area (Å²) in [5.74, 6) is -0.572. The molecule has 0 heterocycles. The molecule has 0 aromatic heterocycles. The van der Waals surface area contributed by atoms with Crippen LogP contribution in [0.5, 0.6) is 0 Å². The van der Waals surface area contributed by atoms with E-state index in [9.17, 15) is 9.59 Å². The maximum atomic E-state index is 11.6. The second-order valence-electron chi connectivity index (χ2n) is 5.00. The zero-order valence-corrected chi connectivity index (χ0v) is 11.5. The zero-order chi connectivity index (χ0) is 14.6. The van der Waals surface area contributed by atoms with Gasteiger partial charge >= 0.3 is 6.09 Å². The molecule has 0 fully saturated rings. The molecule has 1 aromatic rings. The van der Waals surface area contributed by atoms with Gasteiger partial charge in [0.15, 0.2) is 0 Å². The lowest BCUT2D eigenvalue weighted by atomic mass is 10.1. The predicted molar refractivity (Wildman–Crippen MR) is 74.4 cm³/mol. The molecule has 2 amide bonds. The summed E-state index contributed by atoms with van der Waals surface area (Å²) in [4.78, 5) is 22.9. The van der Waals surface area contributed by atoms with Crippen LogP contribution in [0.3, 0.4) is 0 Å². The van der Waals surface area contributed by atoms with Gasteiger partial charge in [0, 0.05) is 18.4 Å². The number of ether oxygens (including phenoxy) is 1. The lowest BCUT2D eigenvalue weighted by Gasteiger charge is -2.20. The second-order valence-corrected chi connectivity index (χ2v) is 5.00. The molecule has 0 bridgehead atoms. The lowest BCUT2D eigenvalue weighted by Crippen LogP contribution is -2.27. The zero-order valence-electron chi connectivity index (χ0n) is 11.5. The van der Waals surface area contributed by atoms with Crippen molar-refractivity contribution in [3.05, 3.63) is 23.8 Å². The summed E-state index contributed by atoms with van der Waals surface area (Å²) < 4.78 is 5.12. The normalized spacial score (nSPS) is 10.7. The van der Waals surface area contributed by atoms with Crippen LogP contribution in [-0.2, 0) is 4.74 Å². The molecule has 0 saturated heterocycles. The van der Waals surface area contributed by atoms with Crippen molar-refractivity contribution < 1.29 is 14.3 Å². The molecule has 6 nitrogen and oxygen atoms in total. The minimum atomic E-state index is -0.583. The molecule has 1 aromatic carbocycles. The van der Waals surface area contributed by atoms with Crippen LogP contribution in [0, 0.1) is 0 Å². The Morgan fingerprint density at radius 1 is 1.26 bits per heavy atom. The number of primary amides is 1. The topological polar surface area (TPSA) is 93.4 Å². The SMILES string of the molecule is CNc1ccc(NC(=O)OC(C)(C)C)cc1C(N)=O. The van der Waals surface area contributed by atoms with Gasteiger partial charge in [0.25, 0.3) is 5.91 Å². The van der Waals surface area contributed by atoms with E-state index >= 15 is 0 Å². The summed E-state index contributed by atoms with van der Waals surface area (Å²) in [6.45, 7) is 5.31. The van der Waals surface area contributed by atoms with Gasteiger partial charge in [-0.15, -0.1) is 0 Å². The summed E-state index contributed by atoms with van der Waals surface area (Å²) in [7, 11) is 1.68. The molecule has 0 radical (unpaired) electrons. The number of anilines is 2. The van der Waals surface area contributed by atoms with Crippen molar-refractivity contribution in [2.75, 3.05) is 17.7 Å². The van der Waals surface area contributed by atoms with E-state index < -0.39 is 17.6 Å². The molecule has 0 aliphatic carbocycles. The van der Waals surface area contributed by atoms with Crippen molar-refractivity contribution in [2.45, 2.75) is 26.4 Å². The molecule has 0 atom stereocenters. The Kier molecular flexibility index (Phi) is 4.37. The fourth-order valence-corrected chi connectivity index (χ4v) is 1.47. The van der Waals surface area contributed by atoms with E-state index in [0.717, 1.165) is 0 Å². The summed E-state index contributed by atoms with van der Waals surface area (Å²) in [6.07, 6.45) is -0.583. The smallest absolute Gasteiger partial charge is 0.412 e. The summed E-state index contributed by atoms with van der Waals surface area (Å²) in [5.41, 5.74) is 6.03. The molecular weight excluding hydrogens is 246 g/mol. The Morgan fingerprint density at radius 3 is 2.37 bits per heavy atom. The molecule has 6 heteroatoms. The van der Waals surface area contributed by atoms with Crippen LogP contribution in [-0.4, -0.2) is 24.6 Å². The Morgan fingerprint density at radius 2 is 1.89 bits per heavy atom. The molecule has 104 valence electrons. The van der Waals surface area contributed by atoms with Gasteiger partial charge in [-0.3, -0.25) is 10.1 Å². The van der Waals surface area contributed by atoms with Crippen LogP contribution in [0.15, 0.2) is 18.2 Å². The highest BCUT2D eigenvalue weighted by molar-refractivity contribution is 6.00. The Bertz CT molecular complexity index is 492. The number of nitrogens with one attached hydrogen (secondary N) is 2. The highest BCUT2D eigenvalue weighted by atomic mass is 16.6. The molecule has 0 unspecified atom stereocenters. The number of nitrogens with two attached hydrogens (primary N) is 1. The number of rotatable bonds is 3. The predicted octanol–water partition coefficient (Wildman–Crippen LogP) is 2.17. The fraction of sp³-hybridized carbons (Fsp3) is 0.385. The second kappa shape index (κ2) is 5.60. The van der Waals surface area contributed by atoms with E-state index in [2.05, 4.69) is 10.6 Å². The minimum absolute atomic E-state index is 0.302. The first-order chi connectivity index (χ1) is 8.73. The minimum Gasteiger partial charge on any atom is -0.444 e. The first kappa shape index (κ1) is 14.8. The standard InChI is InChI=1S/C13H19N3O3/c1-13(2,3)19-12(18)16-8-5-6-10(15-4)9(7-8)11(14)17/h5-7,15H,1-4H3,(H2,14,17)(H,16,18). The van der Waals surface area contributed by atoms with E-state index in [1.54, 1.807) is 40.0 Å². The molecular formula is C13H19N3O3. The van der Waals surface area contributed by atoms with Crippen LogP contribution in [0.4, 0.5) is 16.2 Å². The third-order valence-corrected chi connectivity index (χ3v) is 2.20. The third kappa shape index (κ3) is 4.50. The molecule has 19 heavy (non-hydrogen) atoms. The monoisotopic (exact) mass is 265 g/mol. The van der Waals surface area contributed by atoms with E-state index in [-0.39, 0.29) is 0 Å². The van der Waals surface area contributed by atoms with Gasteiger partial charge in [0.1, 0.15) is 5.60 Å². The summed E-state index contributed by atoms with van der Waals surface area (Å²) in [6, 6.07) is 4.81. The maximum absolute atomic E-state index is 11.6. The summed E-state index contributed by atoms with van der Waals surface area (Å²) >= 11 is 0. The van der Waals surface area contributed by atoms with E-state index in [1.807, 2.05) is 0 Å². The Hall–Kier alpha value is -2.24. The molecule has 1 rings (SSSR count). The number of amides is 2. The van der Waals surface area contributed by atoms with Gasteiger partial charge in [-0.25, -0.2) is 4.79 Å². The van der Waals surface area contributed by atoms with Gasteiger partial charge in [0.05, 0.1) is 5.56 Å². The molecule has 4 N–H and O–H groups in total. The van der Waals surface area contributed by atoms with Crippen LogP contribution in [0.2, 0.25) is 0 Å². The molecule has 0 saturated carbocycles. The van der Waals surface area contributed by atoms with Crippen molar-refractivity contribution in [3.63, 3.8) is 0 Å². The van der Waals surface area contributed by atoms with Crippen molar-refractivity contribution in [1.29, 1.82) is 0 Å². The van der Waals surface area contributed by atoms with Crippen molar-refractivity contribution in [1.82, 2.24) is 0 Å². The Balaban J connectivity index is 2.88. The number of hydrogen-bond donors (Lipinski definition) is 3. The first-order valence-electron chi connectivity index (χ1n) is 5.84. The fourth-order valence-electron chi connectivity index (χ4n) is 1.47. The van der Waals surface area contributed by atoms with Crippen LogP contribution < -0.4 is 16.4 Å². The summed E-state index contributed by atoms with van der Waals surface area (Å²) in [5, 5.41) is 5.40. The molecule has 0 aliphatic rings. The maximum Gasteiger partial charge on any atom is 0.412 e. The van der Waals surface area contributed by atoms with Gasteiger partial charge < -0.3 is 15.8 Å². The van der Waals surface area contributed by atoms with Crippen LogP contribution in [0.25, 0.3) is 0 Å². The average Bonchev–Trinajstić information content (AvgIpc) is 2.26. The molecule has 0 aliphatic heterocycles. The highest BCUT2D eigenvalue weighted by Crippen LogP contribution is 2.20. The van der Waals surface area contributed by atoms with E-state index in [1.165, 1.54) is 6.07 Å². The van der Waals surface area contributed by atoms with E-state index in [4.69, 9.17) is 10.5 Å². The van der Waals surface area contributed by atoms with Crippen LogP contribution >= 0.6 is 0 Å². The number of carbonyl (C=O) groups is 2. The number of carbonyl (C=O) groups excluding carboxylic acids is 2. The number of hydrogen-bond acceptors (Lipinski definition) is 4. The van der Waals surface area contributed by atoms with Crippen molar-refractivity contribution in [3.8, 4) is 0 Å².